The van der Waals surface area contributed by atoms with Gasteiger partial charge in [-0.3, -0.25) is 0 Å². The normalized spacial score (nSPS) is 10.6. The van der Waals surface area contributed by atoms with Gasteiger partial charge in [-0.25, -0.2) is 4.98 Å². The molecule has 0 atom stereocenters. The summed E-state index contributed by atoms with van der Waals surface area (Å²) >= 11 is 0. The van der Waals surface area contributed by atoms with Crippen molar-refractivity contribution in [2.75, 3.05) is 12.6 Å². The molecular formula is C18H18N3O3-. The molecule has 6 heteroatoms. The molecule has 2 aromatic carbocycles. The smallest absolute Gasteiger partial charge is 0.126 e. The third-order valence-electron chi connectivity index (χ3n) is 3.87. The van der Waals surface area contributed by atoms with E-state index in [4.69, 9.17) is 4.74 Å². The van der Waals surface area contributed by atoms with E-state index in [0.29, 0.717) is 12.2 Å². The van der Waals surface area contributed by atoms with Gasteiger partial charge in [-0.1, -0.05) is 18.2 Å². The van der Waals surface area contributed by atoms with Crippen LogP contribution in [0.25, 0.3) is 11.1 Å². The minimum atomic E-state index is -0.0553. The molecule has 0 aliphatic heterocycles. The Morgan fingerprint density at radius 3 is 2.88 bits per heavy atom. The van der Waals surface area contributed by atoms with Crippen LogP contribution in [0.15, 0.2) is 55.0 Å². The molecule has 2 N–H and O–H groups in total. The van der Waals surface area contributed by atoms with Crippen LogP contribution < -0.4 is 10.2 Å². The summed E-state index contributed by atoms with van der Waals surface area (Å²) in [6.07, 6.45) is 3.34. The average Bonchev–Trinajstić information content (AvgIpc) is 3.08. The molecule has 0 aliphatic rings. The van der Waals surface area contributed by atoms with E-state index in [9.17, 15) is 10.3 Å². The molecule has 3 rings (SSSR count). The summed E-state index contributed by atoms with van der Waals surface area (Å²) < 4.78 is 7.34. The molecule has 1 aromatic heterocycles. The highest BCUT2D eigenvalue weighted by Gasteiger charge is 2.09. The Hall–Kier alpha value is -2.83. The lowest BCUT2D eigenvalue weighted by Crippen LogP contribution is -2.03. The first kappa shape index (κ1) is 16.0. The Labute approximate surface area is 139 Å². The number of ether oxygens (including phenoxy) is 1. The van der Waals surface area contributed by atoms with E-state index in [1.165, 1.54) is 0 Å². The van der Waals surface area contributed by atoms with Crippen molar-refractivity contribution in [3.05, 3.63) is 71.5 Å². The van der Waals surface area contributed by atoms with Crippen LogP contribution in [-0.2, 0) is 13.2 Å². The molecule has 24 heavy (non-hydrogen) atoms. The lowest BCUT2D eigenvalue weighted by atomic mass is 10.0. The molecule has 6 nitrogen and oxygen atoms in total. The number of nitrogens with one attached hydrogen (secondary N) is 1. The number of aliphatic hydroxyl groups excluding tert-OH is 1. The van der Waals surface area contributed by atoms with Gasteiger partial charge in [0.15, 0.2) is 0 Å². The molecular weight excluding hydrogens is 306 g/mol. The Kier molecular flexibility index (Phi) is 4.79. The second kappa shape index (κ2) is 7.16. The van der Waals surface area contributed by atoms with Gasteiger partial charge in [0.05, 0.1) is 31.9 Å². The van der Waals surface area contributed by atoms with Gasteiger partial charge in [0.25, 0.3) is 0 Å². The van der Waals surface area contributed by atoms with Crippen molar-refractivity contribution in [1.29, 1.82) is 0 Å². The van der Waals surface area contributed by atoms with E-state index in [2.05, 4.69) is 4.98 Å². The lowest BCUT2D eigenvalue weighted by molar-refractivity contribution is 0.271. The summed E-state index contributed by atoms with van der Waals surface area (Å²) in [6.45, 7) is 0.534. The number of hydrogen-bond acceptors (Lipinski definition) is 5. The molecule has 1 heterocycles. The van der Waals surface area contributed by atoms with Crippen molar-refractivity contribution in [3.8, 4) is 16.9 Å². The molecule has 0 unspecified atom stereocenters. The Morgan fingerprint density at radius 2 is 2.12 bits per heavy atom. The Bertz CT molecular complexity index is 830. The number of benzene rings is 2. The Balaban J connectivity index is 1.99. The van der Waals surface area contributed by atoms with Crippen LogP contribution in [0.5, 0.6) is 5.75 Å². The summed E-state index contributed by atoms with van der Waals surface area (Å²) in [5.41, 5.74) is 5.99. The maximum Gasteiger partial charge on any atom is 0.126 e. The lowest BCUT2D eigenvalue weighted by Gasteiger charge is -2.15. The van der Waals surface area contributed by atoms with Crippen LogP contribution >= 0.6 is 0 Å². The molecule has 0 aliphatic carbocycles. The summed E-state index contributed by atoms with van der Waals surface area (Å²) in [4.78, 5) is 4.06. The molecule has 0 amide bonds. The zero-order valence-electron chi connectivity index (χ0n) is 13.3. The van der Waals surface area contributed by atoms with Gasteiger partial charge < -0.3 is 25.1 Å². The van der Waals surface area contributed by atoms with Crippen LogP contribution in [0.2, 0.25) is 0 Å². The molecule has 0 spiro atoms. The van der Waals surface area contributed by atoms with Crippen LogP contribution in [0.1, 0.15) is 11.3 Å². The maximum atomic E-state index is 10.9. The fourth-order valence-electron chi connectivity index (χ4n) is 2.65. The first-order valence-electron chi connectivity index (χ1n) is 7.50. The highest BCUT2D eigenvalue weighted by atomic mass is 16.5. The van der Waals surface area contributed by atoms with E-state index in [-0.39, 0.29) is 6.61 Å². The molecule has 124 valence electrons. The van der Waals surface area contributed by atoms with Crippen LogP contribution in [0.4, 0.5) is 5.69 Å². The standard InChI is InChI=1S/C18H18N3O3/c1-24-18-6-5-13(10-21-12-19-9-16(21)11-22)7-17(18)14-3-2-4-15(8-14)20-23/h2-9,12,20,22H,10-11H2,1H3/q-1. The fraction of sp³-hybridized carbons (Fsp3) is 0.167. The van der Waals surface area contributed by atoms with Crippen LogP contribution in [0.3, 0.4) is 0 Å². The van der Waals surface area contributed by atoms with E-state index in [1.54, 1.807) is 31.8 Å². The van der Waals surface area contributed by atoms with Crippen molar-refractivity contribution in [2.45, 2.75) is 13.2 Å². The zero-order valence-corrected chi connectivity index (χ0v) is 13.3. The van der Waals surface area contributed by atoms with Gasteiger partial charge >= 0.3 is 0 Å². The summed E-state index contributed by atoms with van der Waals surface area (Å²) in [7, 11) is 1.62. The largest absolute Gasteiger partial charge is 0.761 e. The first-order valence-corrected chi connectivity index (χ1v) is 7.50. The van der Waals surface area contributed by atoms with Crippen LogP contribution in [0, 0.1) is 5.21 Å². The van der Waals surface area contributed by atoms with Crippen LogP contribution in [-0.4, -0.2) is 21.8 Å². The highest BCUT2D eigenvalue weighted by molar-refractivity contribution is 5.74. The molecule has 0 saturated carbocycles. The third kappa shape index (κ3) is 3.24. The number of anilines is 1. The number of aliphatic hydroxyl groups is 1. The van der Waals surface area contributed by atoms with Crippen molar-refractivity contribution in [3.63, 3.8) is 0 Å². The first-order chi connectivity index (χ1) is 11.7. The number of hydrogen-bond donors (Lipinski definition) is 2. The van der Waals surface area contributed by atoms with Crippen molar-refractivity contribution < 1.29 is 9.84 Å². The van der Waals surface area contributed by atoms with Gasteiger partial charge in [-0.15, -0.1) is 0 Å². The molecule has 0 bridgehead atoms. The molecule has 0 saturated heterocycles. The van der Waals surface area contributed by atoms with Gasteiger partial charge in [0.2, 0.25) is 0 Å². The van der Waals surface area contributed by atoms with Crippen molar-refractivity contribution in [1.82, 2.24) is 9.55 Å². The monoisotopic (exact) mass is 324 g/mol. The van der Waals surface area contributed by atoms with Gasteiger partial charge in [-0.05, 0) is 35.4 Å². The van der Waals surface area contributed by atoms with Crippen molar-refractivity contribution in [2.24, 2.45) is 0 Å². The SMILES string of the molecule is COc1ccc(Cn2cncc2CO)cc1-c1cccc(N[O-])c1. The third-order valence-corrected chi connectivity index (χ3v) is 3.87. The van der Waals surface area contributed by atoms with E-state index in [0.717, 1.165) is 28.1 Å². The predicted molar refractivity (Wildman–Crippen MR) is 92.7 cm³/mol. The second-order valence-electron chi connectivity index (χ2n) is 5.39. The van der Waals surface area contributed by atoms with Gasteiger partial charge in [0, 0.05) is 17.8 Å². The minimum absolute atomic E-state index is 0.0553. The van der Waals surface area contributed by atoms with Gasteiger partial charge in [0.1, 0.15) is 5.75 Å². The average molecular weight is 324 g/mol. The minimum Gasteiger partial charge on any atom is -0.761 e. The Morgan fingerprint density at radius 1 is 1.25 bits per heavy atom. The number of aromatic nitrogens is 2. The predicted octanol–water partition coefficient (Wildman–Crippen LogP) is 3.01. The molecule has 3 aromatic rings. The number of nitrogens with zero attached hydrogens (tertiary/aromatic N) is 2. The quantitative estimate of drug-likeness (QED) is 0.681. The van der Waals surface area contributed by atoms with E-state index in [1.807, 2.05) is 40.4 Å². The van der Waals surface area contributed by atoms with E-state index < -0.39 is 0 Å². The van der Waals surface area contributed by atoms with E-state index >= 15 is 0 Å². The summed E-state index contributed by atoms with van der Waals surface area (Å²) in [6, 6.07) is 13.1. The summed E-state index contributed by atoms with van der Waals surface area (Å²) in [5, 5.41) is 20.2. The number of methoxy groups -OCH3 is 1. The molecule has 0 radical (unpaired) electrons. The van der Waals surface area contributed by atoms with Crippen molar-refractivity contribution >= 4 is 5.69 Å². The topological polar surface area (TPSA) is 82.4 Å². The summed E-state index contributed by atoms with van der Waals surface area (Å²) in [5.74, 6) is 0.731. The fourth-order valence-corrected chi connectivity index (χ4v) is 2.65. The maximum absolute atomic E-state index is 10.9. The highest BCUT2D eigenvalue weighted by Crippen LogP contribution is 2.32. The zero-order chi connectivity index (χ0) is 16.9. The molecule has 0 fully saturated rings. The van der Waals surface area contributed by atoms with Gasteiger partial charge in [-0.2, -0.15) is 0 Å². The number of rotatable bonds is 6. The number of imidazole rings is 1. The second-order valence-corrected chi connectivity index (χ2v) is 5.39.